The standard InChI is InChI=1S/C30H33Cl2N3O4/c1-39-22-4-6-27-23(17-22)24(18-33-27)20-8-14-35(15-9-20)29(30(37)38)21-10-12-34(13-11-21)28(36)7-3-19-2-5-25(31)26(32)16-19/h2-7,16-18,20-21,29,33H,8-15H2,1H3,(H,37,38). The molecule has 1 atom stereocenters. The van der Waals surface area contributed by atoms with Gasteiger partial charge in [-0.3, -0.25) is 14.5 Å². The van der Waals surface area contributed by atoms with Gasteiger partial charge in [0, 0.05) is 36.3 Å². The molecule has 0 bridgehead atoms. The molecule has 7 nitrogen and oxygen atoms in total. The van der Waals surface area contributed by atoms with E-state index in [0.717, 1.165) is 42.8 Å². The molecule has 3 aromatic rings. The second-order valence-electron chi connectivity index (χ2n) is 10.4. The molecule has 9 heteroatoms. The van der Waals surface area contributed by atoms with Gasteiger partial charge in [0.15, 0.2) is 0 Å². The van der Waals surface area contributed by atoms with Crippen LogP contribution < -0.4 is 4.74 Å². The van der Waals surface area contributed by atoms with Gasteiger partial charge in [-0.2, -0.15) is 0 Å². The Balaban J connectivity index is 1.17. The van der Waals surface area contributed by atoms with Crippen molar-refractivity contribution in [2.75, 3.05) is 33.3 Å². The van der Waals surface area contributed by atoms with Crippen molar-refractivity contribution in [1.29, 1.82) is 0 Å². The molecule has 1 amide bonds. The smallest absolute Gasteiger partial charge is 0.321 e. The summed E-state index contributed by atoms with van der Waals surface area (Å²) in [6, 6.07) is 10.8. The van der Waals surface area contributed by atoms with Crippen molar-refractivity contribution in [3.8, 4) is 5.75 Å². The lowest BCUT2D eigenvalue weighted by atomic mass is 9.84. The van der Waals surface area contributed by atoms with Gasteiger partial charge in [-0.25, -0.2) is 0 Å². The molecule has 2 fully saturated rings. The van der Waals surface area contributed by atoms with E-state index in [1.54, 1.807) is 42.4 Å². The fourth-order valence-electron chi connectivity index (χ4n) is 6.06. The second kappa shape index (κ2) is 12.0. The van der Waals surface area contributed by atoms with Gasteiger partial charge in [0.25, 0.3) is 0 Å². The highest BCUT2D eigenvalue weighted by molar-refractivity contribution is 6.42. The van der Waals surface area contributed by atoms with Gasteiger partial charge in [-0.05, 0) is 98.1 Å². The average molecular weight is 571 g/mol. The molecule has 2 saturated heterocycles. The Morgan fingerprint density at radius 2 is 1.77 bits per heavy atom. The Labute approximate surface area is 238 Å². The van der Waals surface area contributed by atoms with E-state index in [2.05, 4.69) is 22.1 Å². The minimum atomic E-state index is -0.769. The molecular formula is C30H33Cl2N3O4. The molecule has 2 aliphatic rings. The number of H-pyrrole nitrogens is 1. The maximum atomic E-state index is 12.8. The maximum Gasteiger partial charge on any atom is 0.321 e. The third kappa shape index (κ3) is 6.11. The first kappa shape index (κ1) is 27.6. The highest BCUT2D eigenvalue weighted by atomic mass is 35.5. The lowest BCUT2D eigenvalue weighted by Gasteiger charge is -2.41. The normalized spacial score (nSPS) is 18.6. The van der Waals surface area contributed by atoms with E-state index in [1.807, 2.05) is 12.1 Å². The Kier molecular flexibility index (Phi) is 8.50. The number of ether oxygens (including phenoxy) is 1. The minimum Gasteiger partial charge on any atom is -0.497 e. The summed E-state index contributed by atoms with van der Waals surface area (Å²) in [6.45, 7) is 2.58. The summed E-state index contributed by atoms with van der Waals surface area (Å²) in [4.78, 5) is 32.5. The van der Waals surface area contributed by atoms with Crippen LogP contribution >= 0.6 is 23.2 Å². The lowest BCUT2D eigenvalue weighted by molar-refractivity contribution is -0.147. The van der Waals surface area contributed by atoms with Crippen LogP contribution in [0.2, 0.25) is 10.0 Å². The molecule has 0 aliphatic carbocycles. The summed E-state index contributed by atoms with van der Waals surface area (Å²) in [5, 5.41) is 12.3. The molecule has 5 rings (SSSR count). The first-order chi connectivity index (χ1) is 18.8. The predicted molar refractivity (Wildman–Crippen MR) is 155 cm³/mol. The van der Waals surface area contributed by atoms with E-state index in [1.165, 1.54) is 10.9 Å². The number of piperidine rings is 2. The molecule has 2 aromatic carbocycles. The second-order valence-corrected chi connectivity index (χ2v) is 11.2. The van der Waals surface area contributed by atoms with Gasteiger partial charge in [-0.1, -0.05) is 29.3 Å². The molecular weight excluding hydrogens is 537 g/mol. The number of nitrogens with zero attached hydrogens (tertiary/aromatic N) is 2. The largest absolute Gasteiger partial charge is 0.497 e. The molecule has 0 radical (unpaired) electrons. The number of aliphatic carboxylic acids is 1. The number of aromatic nitrogens is 1. The zero-order valence-electron chi connectivity index (χ0n) is 21.9. The van der Waals surface area contributed by atoms with Crippen LogP contribution in [0.15, 0.2) is 48.7 Å². The summed E-state index contributed by atoms with van der Waals surface area (Å²) in [6.07, 6.45) is 8.51. The van der Waals surface area contributed by atoms with E-state index < -0.39 is 12.0 Å². The summed E-state index contributed by atoms with van der Waals surface area (Å²) >= 11 is 12.0. The number of aromatic amines is 1. The van der Waals surface area contributed by atoms with Gasteiger partial charge in [0.1, 0.15) is 11.8 Å². The number of fused-ring (bicyclic) bond motifs is 1. The van der Waals surface area contributed by atoms with Crippen LogP contribution in [0, 0.1) is 5.92 Å². The molecule has 2 aliphatic heterocycles. The molecule has 3 heterocycles. The summed E-state index contributed by atoms with van der Waals surface area (Å²) in [7, 11) is 1.67. The number of nitrogens with one attached hydrogen (secondary N) is 1. The highest BCUT2D eigenvalue weighted by Gasteiger charge is 2.38. The van der Waals surface area contributed by atoms with E-state index in [-0.39, 0.29) is 11.8 Å². The zero-order chi connectivity index (χ0) is 27.5. The Bertz CT molecular complexity index is 1370. The fraction of sp³-hybridized carbons (Fsp3) is 0.400. The average Bonchev–Trinajstić information content (AvgIpc) is 3.37. The van der Waals surface area contributed by atoms with E-state index in [4.69, 9.17) is 27.9 Å². The first-order valence-electron chi connectivity index (χ1n) is 13.4. The number of carbonyl (C=O) groups is 2. The number of rotatable bonds is 7. The third-order valence-corrected chi connectivity index (χ3v) is 8.94. The number of benzene rings is 2. The lowest BCUT2D eigenvalue weighted by Crippen LogP contribution is -2.52. The number of methoxy groups -OCH3 is 1. The monoisotopic (exact) mass is 569 g/mol. The van der Waals surface area contributed by atoms with Crippen molar-refractivity contribution in [3.05, 3.63) is 69.8 Å². The number of hydrogen-bond donors (Lipinski definition) is 2. The number of likely N-dealkylation sites (tertiary alicyclic amines) is 2. The van der Waals surface area contributed by atoms with Crippen molar-refractivity contribution in [2.45, 2.75) is 37.6 Å². The maximum absolute atomic E-state index is 12.8. The SMILES string of the molecule is COc1ccc2[nH]cc(C3CCN(C(C(=O)O)C4CCN(C(=O)C=Cc5ccc(Cl)c(Cl)c5)CC4)CC3)c2c1. The van der Waals surface area contributed by atoms with Gasteiger partial charge in [0.2, 0.25) is 5.91 Å². The summed E-state index contributed by atoms with van der Waals surface area (Å²) in [5.41, 5.74) is 3.16. The zero-order valence-corrected chi connectivity index (χ0v) is 23.4. The Morgan fingerprint density at radius 1 is 1.03 bits per heavy atom. The van der Waals surface area contributed by atoms with Gasteiger partial charge < -0.3 is 19.7 Å². The summed E-state index contributed by atoms with van der Waals surface area (Å²) < 4.78 is 5.42. The van der Waals surface area contributed by atoms with E-state index in [9.17, 15) is 14.7 Å². The molecule has 1 unspecified atom stereocenters. The molecule has 206 valence electrons. The van der Waals surface area contributed by atoms with Crippen LogP contribution in [0.1, 0.15) is 42.7 Å². The van der Waals surface area contributed by atoms with Gasteiger partial charge in [0.05, 0.1) is 17.2 Å². The van der Waals surface area contributed by atoms with Gasteiger partial charge in [-0.15, -0.1) is 0 Å². The number of carboxylic acid groups (broad SMARTS) is 1. The number of carbonyl (C=O) groups excluding carboxylic acids is 1. The fourth-order valence-corrected chi connectivity index (χ4v) is 6.36. The third-order valence-electron chi connectivity index (χ3n) is 8.20. The van der Waals surface area contributed by atoms with Crippen LogP contribution in [0.5, 0.6) is 5.75 Å². The van der Waals surface area contributed by atoms with Gasteiger partial charge >= 0.3 is 5.97 Å². The Hall–Kier alpha value is -3.00. The van der Waals surface area contributed by atoms with Crippen molar-refractivity contribution in [2.24, 2.45) is 5.92 Å². The quantitative estimate of drug-likeness (QED) is 0.337. The van der Waals surface area contributed by atoms with E-state index in [0.29, 0.717) is 41.9 Å². The number of halogens is 2. The molecule has 2 N–H and O–H groups in total. The molecule has 0 spiro atoms. The number of hydrogen-bond acceptors (Lipinski definition) is 4. The van der Waals surface area contributed by atoms with Crippen molar-refractivity contribution in [1.82, 2.24) is 14.8 Å². The predicted octanol–water partition coefficient (Wildman–Crippen LogP) is 6.07. The topological polar surface area (TPSA) is 85.9 Å². The van der Waals surface area contributed by atoms with Crippen LogP contribution in [0.25, 0.3) is 17.0 Å². The summed E-state index contributed by atoms with van der Waals surface area (Å²) in [5.74, 6) is 0.372. The minimum absolute atomic E-state index is 0.0134. The first-order valence-corrected chi connectivity index (χ1v) is 14.1. The molecule has 39 heavy (non-hydrogen) atoms. The van der Waals surface area contributed by atoms with Crippen molar-refractivity contribution >= 4 is 52.1 Å². The van der Waals surface area contributed by atoms with Crippen LogP contribution in [0.3, 0.4) is 0 Å². The van der Waals surface area contributed by atoms with E-state index >= 15 is 0 Å². The number of carboxylic acids is 1. The van der Waals surface area contributed by atoms with Crippen LogP contribution in [0.4, 0.5) is 0 Å². The highest BCUT2D eigenvalue weighted by Crippen LogP contribution is 2.36. The number of amides is 1. The van der Waals surface area contributed by atoms with Crippen LogP contribution in [-0.4, -0.2) is 71.1 Å². The van der Waals surface area contributed by atoms with Crippen molar-refractivity contribution < 1.29 is 19.4 Å². The van der Waals surface area contributed by atoms with Crippen LogP contribution in [-0.2, 0) is 9.59 Å². The molecule has 0 saturated carbocycles. The van der Waals surface area contributed by atoms with Crippen molar-refractivity contribution in [3.63, 3.8) is 0 Å². The Morgan fingerprint density at radius 3 is 2.44 bits per heavy atom. The molecule has 1 aromatic heterocycles.